The van der Waals surface area contributed by atoms with Crippen LogP contribution in [-0.4, -0.2) is 6.04 Å². The van der Waals surface area contributed by atoms with E-state index in [9.17, 15) is 0 Å². The minimum absolute atomic E-state index is 0.491. The van der Waals surface area contributed by atoms with Crippen LogP contribution in [0.2, 0.25) is 0 Å². The molecule has 2 N–H and O–H groups in total. The zero-order chi connectivity index (χ0) is 14.0. The van der Waals surface area contributed by atoms with Gasteiger partial charge in [-0.1, -0.05) is 33.1 Å². The van der Waals surface area contributed by atoms with Gasteiger partial charge in [-0.3, -0.25) is 0 Å². The van der Waals surface area contributed by atoms with Gasteiger partial charge in [-0.2, -0.15) is 0 Å². The van der Waals surface area contributed by atoms with Crippen molar-refractivity contribution in [2.24, 2.45) is 40.2 Å². The minimum Gasteiger partial charge on any atom is -0.327 e. The van der Waals surface area contributed by atoms with Gasteiger partial charge in [0.25, 0.3) is 0 Å². The molecule has 0 aromatic rings. The molecule has 1 unspecified atom stereocenters. The van der Waals surface area contributed by atoms with Crippen LogP contribution in [-0.2, 0) is 0 Å². The van der Waals surface area contributed by atoms with Crippen molar-refractivity contribution in [1.29, 1.82) is 0 Å². The van der Waals surface area contributed by atoms with E-state index < -0.39 is 0 Å². The van der Waals surface area contributed by atoms with Crippen molar-refractivity contribution in [3.63, 3.8) is 0 Å². The van der Waals surface area contributed by atoms with E-state index in [4.69, 9.17) is 5.73 Å². The van der Waals surface area contributed by atoms with Crippen molar-refractivity contribution >= 4 is 0 Å². The van der Waals surface area contributed by atoms with Gasteiger partial charge in [-0.15, -0.1) is 0 Å². The fraction of sp³-hybridized carbons (Fsp3) is 1.00. The van der Waals surface area contributed by atoms with Crippen molar-refractivity contribution in [3.05, 3.63) is 0 Å². The molecule has 20 heavy (non-hydrogen) atoms. The van der Waals surface area contributed by atoms with Gasteiger partial charge in [0.2, 0.25) is 0 Å². The van der Waals surface area contributed by atoms with Crippen molar-refractivity contribution in [3.8, 4) is 0 Å². The number of hydrogen-bond acceptors (Lipinski definition) is 1. The molecule has 0 bridgehead atoms. The molecule has 7 atom stereocenters. The molecule has 4 rings (SSSR count). The predicted molar refractivity (Wildman–Crippen MR) is 84.3 cm³/mol. The molecule has 0 saturated heterocycles. The molecule has 4 fully saturated rings. The van der Waals surface area contributed by atoms with E-state index in [0.29, 0.717) is 16.9 Å². The van der Waals surface area contributed by atoms with Crippen LogP contribution in [0.5, 0.6) is 0 Å². The predicted octanol–water partition coefficient (Wildman–Crippen LogP) is 4.75. The average molecular weight is 275 g/mol. The van der Waals surface area contributed by atoms with Crippen molar-refractivity contribution in [2.75, 3.05) is 0 Å². The Balaban J connectivity index is 1.69. The van der Waals surface area contributed by atoms with Crippen LogP contribution in [0, 0.1) is 34.5 Å². The number of rotatable bonds is 0. The Hall–Kier alpha value is -0.0400. The second-order valence-corrected chi connectivity index (χ2v) is 9.24. The highest BCUT2D eigenvalue weighted by atomic mass is 14.8. The van der Waals surface area contributed by atoms with Gasteiger partial charge in [0.15, 0.2) is 0 Å². The Labute approximate surface area is 125 Å². The van der Waals surface area contributed by atoms with Gasteiger partial charge >= 0.3 is 0 Å². The summed E-state index contributed by atoms with van der Waals surface area (Å²) in [6.07, 6.45) is 14.7. The highest BCUT2D eigenvalue weighted by molar-refractivity contribution is 5.10. The van der Waals surface area contributed by atoms with E-state index in [1.54, 1.807) is 0 Å². The van der Waals surface area contributed by atoms with E-state index in [1.807, 2.05) is 0 Å². The van der Waals surface area contributed by atoms with Gasteiger partial charge in [0.05, 0.1) is 0 Å². The normalized spacial score (nSPS) is 58.6. The lowest BCUT2D eigenvalue weighted by atomic mass is 9.44. The Morgan fingerprint density at radius 1 is 0.900 bits per heavy atom. The molecule has 1 heteroatoms. The SMILES string of the molecule is C[C@@]12CCC[C@H]1[C@@H]1CCC3CCCC[C@]3(C)[C@H]1[C@H](N)C2. The molecule has 114 valence electrons. The molecule has 1 nitrogen and oxygen atoms in total. The molecule has 4 aliphatic carbocycles. The Bertz CT molecular complexity index is 391. The van der Waals surface area contributed by atoms with E-state index in [0.717, 1.165) is 23.7 Å². The lowest BCUT2D eigenvalue weighted by Gasteiger charge is -2.62. The third-order valence-corrected chi connectivity index (χ3v) is 8.36. The summed E-state index contributed by atoms with van der Waals surface area (Å²) in [7, 11) is 0. The second kappa shape index (κ2) is 4.48. The van der Waals surface area contributed by atoms with Crippen molar-refractivity contribution in [1.82, 2.24) is 0 Å². The molecule has 0 amide bonds. The van der Waals surface area contributed by atoms with Gasteiger partial charge in [-0.25, -0.2) is 0 Å². The minimum atomic E-state index is 0.491. The van der Waals surface area contributed by atoms with Crippen LogP contribution in [0.15, 0.2) is 0 Å². The van der Waals surface area contributed by atoms with Gasteiger partial charge < -0.3 is 5.73 Å². The maximum Gasteiger partial charge on any atom is 0.00805 e. The highest BCUT2D eigenvalue weighted by Gasteiger charge is 2.59. The van der Waals surface area contributed by atoms with E-state index in [-0.39, 0.29) is 0 Å². The Kier molecular flexibility index (Phi) is 3.05. The topological polar surface area (TPSA) is 26.0 Å². The standard InChI is InChI=1S/C19H33N/c1-18-10-5-7-15(18)14-9-8-13-6-3-4-11-19(13,2)17(14)16(20)12-18/h13-17H,3-12,20H2,1-2H3/t13?,14-,15-,16+,17+,18-,19-/m0/s1. The molecule has 4 aliphatic rings. The largest absolute Gasteiger partial charge is 0.327 e. The summed E-state index contributed by atoms with van der Waals surface area (Å²) in [5.74, 6) is 3.81. The molecular weight excluding hydrogens is 242 g/mol. The number of nitrogens with two attached hydrogens (primary N) is 1. The molecular formula is C19H33N. The smallest absolute Gasteiger partial charge is 0.00805 e. The van der Waals surface area contributed by atoms with E-state index >= 15 is 0 Å². The summed E-state index contributed by atoms with van der Waals surface area (Å²) in [5, 5.41) is 0. The van der Waals surface area contributed by atoms with Gasteiger partial charge in [0.1, 0.15) is 0 Å². The third-order valence-electron chi connectivity index (χ3n) is 8.36. The first-order valence-electron chi connectivity index (χ1n) is 9.30. The molecule has 0 heterocycles. The summed E-state index contributed by atoms with van der Waals surface area (Å²) < 4.78 is 0. The Morgan fingerprint density at radius 3 is 2.60 bits per heavy atom. The zero-order valence-electron chi connectivity index (χ0n) is 13.5. The van der Waals surface area contributed by atoms with Crippen LogP contribution in [0.3, 0.4) is 0 Å². The summed E-state index contributed by atoms with van der Waals surface area (Å²) in [5.41, 5.74) is 8.01. The highest BCUT2D eigenvalue weighted by Crippen LogP contribution is 2.65. The zero-order valence-corrected chi connectivity index (χ0v) is 13.5. The van der Waals surface area contributed by atoms with Crippen LogP contribution in [0.1, 0.15) is 78.1 Å². The van der Waals surface area contributed by atoms with Crippen LogP contribution >= 0.6 is 0 Å². The number of fused-ring (bicyclic) bond motifs is 5. The van der Waals surface area contributed by atoms with Gasteiger partial charge in [-0.05, 0) is 79.4 Å². The van der Waals surface area contributed by atoms with E-state index in [1.165, 1.54) is 64.2 Å². The second-order valence-electron chi connectivity index (χ2n) is 9.24. The summed E-state index contributed by atoms with van der Waals surface area (Å²) in [6.45, 7) is 5.20. The van der Waals surface area contributed by atoms with Crippen LogP contribution in [0.4, 0.5) is 0 Å². The molecule has 4 saturated carbocycles. The molecule has 0 aromatic heterocycles. The molecule has 0 aliphatic heterocycles. The van der Waals surface area contributed by atoms with Crippen LogP contribution < -0.4 is 5.73 Å². The first kappa shape index (κ1) is 13.6. The maximum absolute atomic E-state index is 6.82. The number of hydrogen-bond donors (Lipinski definition) is 1. The maximum atomic E-state index is 6.82. The lowest BCUT2D eigenvalue weighted by molar-refractivity contribution is -0.113. The average Bonchev–Trinajstić information content (AvgIpc) is 2.78. The molecule has 0 spiro atoms. The fourth-order valence-corrected chi connectivity index (χ4v) is 7.57. The van der Waals surface area contributed by atoms with Crippen molar-refractivity contribution < 1.29 is 0 Å². The van der Waals surface area contributed by atoms with Crippen molar-refractivity contribution in [2.45, 2.75) is 84.1 Å². The summed E-state index contributed by atoms with van der Waals surface area (Å²) in [6, 6.07) is 0.491. The third kappa shape index (κ3) is 1.71. The molecule has 0 radical (unpaired) electrons. The monoisotopic (exact) mass is 275 g/mol. The van der Waals surface area contributed by atoms with Crippen LogP contribution in [0.25, 0.3) is 0 Å². The quantitative estimate of drug-likeness (QED) is 0.678. The molecule has 0 aromatic carbocycles. The summed E-state index contributed by atoms with van der Waals surface area (Å²) >= 11 is 0. The summed E-state index contributed by atoms with van der Waals surface area (Å²) in [4.78, 5) is 0. The first-order chi connectivity index (χ1) is 9.55. The first-order valence-corrected chi connectivity index (χ1v) is 9.30. The lowest BCUT2D eigenvalue weighted by Crippen LogP contribution is -2.59. The van der Waals surface area contributed by atoms with Gasteiger partial charge in [0, 0.05) is 6.04 Å². The Morgan fingerprint density at radius 2 is 1.75 bits per heavy atom. The fourth-order valence-electron chi connectivity index (χ4n) is 7.57. The van der Waals surface area contributed by atoms with E-state index in [2.05, 4.69) is 13.8 Å².